The van der Waals surface area contributed by atoms with Gasteiger partial charge < -0.3 is 9.47 Å². The van der Waals surface area contributed by atoms with E-state index in [1.165, 1.54) is 14.0 Å². The van der Waals surface area contributed by atoms with Gasteiger partial charge in [0.05, 0.1) is 12.7 Å². The van der Waals surface area contributed by atoms with Gasteiger partial charge in [0.1, 0.15) is 6.61 Å². The van der Waals surface area contributed by atoms with Crippen LogP contribution in [0.5, 0.6) is 0 Å². The zero-order valence-electron chi connectivity index (χ0n) is 10.6. The smallest absolute Gasteiger partial charge is 0.337 e. The van der Waals surface area contributed by atoms with Crippen molar-refractivity contribution in [3.8, 4) is 0 Å². The molecule has 0 saturated carbocycles. The first-order valence-electron chi connectivity index (χ1n) is 5.44. The van der Waals surface area contributed by atoms with Crippen molar-refractivity contribution in [1.29, 1.82) is 0 Å². The van der Waals surface area contributed by atoms with Crippen molar-refractivity contribution in [3.05, 3.63) is 35.4 Å². The van der Waals surface area contributed by atoms with Crippen molar-refractivity contribution < 1.29 is 19.1 Å². The van der Waals surface area contributed by atoms with E-state index in [2.05, 4.69) is 4.74 Å². The van der Waals surface area contributed by atoms with Gasteiger partial charge in [0.2, 0.25) is 0 Å². The van der Waals surface area contributed by atoms with Crippen molar-refractivity contribution in [1.82, 2.24) is 0 Å². The average molecular weight is 238 g/mol. The van der Waals surface area contributed by atoms with E-state index >= 15 is 0 Å². The molecule has 0 spiro atoms. The zero-order chi connectivity index (χ0) is 13.3. The number of carbonyl (C=O) groups is 2. The van der Waals surface area contributed by atoms with E-state index in [1.807, 2.05) is 13.8 Å². The highest BCUT2D eigenvalue weighted by Gasteiger charge is 2.05. The lowest BCUT2D eigenvalue weighted by molar-refractivity contribution is -0.142. The van der Waals surface area contributed by atoms with Crippen LogP contribution in [0.15, 0.2) is 24.3 Å². The van der Waals surface area contributed by atoms with Gasteiger partial charge >= 0.3 is 11.9 Å². The molecule has 17 heavy (non-hydrogen) atoms. The van der Waals surface area contributed by atoms with E-state index < -0.39 is 5.97 Å². The highest BCUT2D eigenvalue weighted by Crippen LogP contribution is 2.07. The van der Waals surface area contributed by atoms with Crippen molar-refractivity contribution in [2.24, 2.45) is 0 Å². The first-order valence-corrected chi connectivity index (χ1v) is 5.44. The molecule has 94 valence electrons. The summed E-state index contributed by atoms with van der Waals surface area (Å²) in [5, 5.41) is 0. The third kappa shape index (κ3) is 5.70. The van der Waals surface area contributed by atoms with E-state index in [4.69, 9.17) is 4.74 Å². The molecular formula is C13H18O4. The zero-order valence-corrected chi connectivity index (χ0v) is 10.6. The van der Waals surface area contributed by atoms with Gasteiger partial charge in [0.25, 0.3) is 0 Å². The van der Waals surface area contributed by atoms with E-state index in [0.29, 0.717) is 5.56 Å². The summed E-state index contributed by atoms with van der Waals surface area (Å²) in [4.78, 5) is 21.8. The fraction of sp³-hybridized carbons (Fsp3) is 0.385. The molecule has 0 fully saturated rings. The fourth-order valence-corrected chi connectivity index (χ4v) is 1.09. The lowest BCUT2D eigenvalue weighted by Gasteiger charge is -2.04. The lowest BCUT2D eigenvalue weighted by atomic mass is 10.1. The molecule has 0 aliphatic carbocycles. The summed E-state index contributed by atoms with van der Waals surface area (Å²) in [7, 11) is 1.32. The summed E-state index contributed by atoms with van der Waals surface area (Å²) in [6.45, 7) is 5.50. The molecule has 4 heteroatoms. The molecule has 0 atom stereocenters. The molecule has 0 aliphatic rings. The number of ether oxygens (including phenoxy) is 2. The maximum absolute atomic E-state index is 11.2. The van der Waals surface area contributed by atoms with Crippen molar-refractivity contribution >= 4 is 11.9 Å². The Morgan fingerprint density at radius 2 is 1.88 bits per heavy atom. The number of carbonyl (C=O) groups excluding carboxylic acids is 2. The van der Waals surface area contributed by atoms with Crippen LogP contribution in [0.25, 0.3) is 0 Å². The van der Waals surface area contributed by atoms with Gasteiger partial charge in [-0.1, -0.05) is 26.0 Å². The van der Waals surface area contributed by atoms with Crippen LogP contribution in [0, 0.1) is 0 Å². The maximum atomic E-state index is 11.2. The minimum atomic E-state index is -0.403. The Labute approximate surface area is 102 Å². The minimum absolute atomic E-state index is 0.167. The summed E-state index contributed by atoms with van der Waals surface area (Å²) >= 11 is 0. The third-order valence-electron chi connectivity index (χ3n) is 1.79. The molecule has 0 unspecified atom stereocenters. The van der Waals surface area contributed by atoms with E-state index in [1.54, 1.807) is 24.3 Å². The number of rotatable bonds is 3. The molecular weight excluding hydrogens is 220 g/mol. The van der Waals surface area contributed by atoms with Crippen molar-refractivity contribution in [3.63, 3.8) is 0 Å². The number of hydrogen-bond acceptors (Lipinski definition) is 4. The van der Waals surface area contributed by atoms with Crippen LogP contribution < -0.4 is 0 Å². The van der Waals surface area contributed by atoms with Gasteiger partial charge in [-0.3, -0.25) is 4.79 Å². The van der Waals surface area contributed by atoms with Crippen LogP contribution in [-0.4, -0.2) is 19.0 Å². The Morgan fingerprint density at radius 1 is 1.24 bits per heavy atom. The molecule has 4 nitrogen and oxygen atoms in total. The van der Waals surface area contributed by atoms with Gasteiger partial charge in [-0.25, -0.2) is 4.79 Å². The van der Waals surface area contributed by atoms with Crippen molar-refractivity contribution in [2.75, 3.05) is 7.11 Å². The standard InChI is InChI=1S/C11H12O4.C2H6/c1-8(12)15-7-9-4-3-5-10(6-9)11(13)14-2;1-2/h3-6H,7H2,1-2H3;1-2H3. The molecule has 0 saturated heterocycles. The Bertz CT molecular complexity index is 371. The van der Waals surface area contributed by atoms with E-state index in [-0.39, 0.29) is 12.6 Å². The van der Waals surface area contributed by atoms with Crippen LogP contribution >= 0.6 is 0 Å². The molecule has 1 rings (SSSR count). The minimum Gasteiger partial charge on any atom is -0.465 e. The maximum Gasteiger partial charge on any atom is 0.337 e. The molecule has 0 N–H and O–H groups in total. The van der Waals surface area contributed by atoms with Gasteiger partial charge in [-0.05, 0) is 17.7 Å². The SMILES string of the molecule is CC.COC(=O)c1cccc(COC(C)=O)c1. The second-order valence-electron chi connectivity index (χ2n) is 2.97. The van der Waals surface area contributed by atoms with Crippen LogP contribution in [0.3, 0.4) is 0 Å². The van der Waals surface area contributed by atoms with E-state index in [9.17, 15) is 9.59 Å². The van der Waals surface area contributed by atoms with Gasteiger partial charge in [0.15, 0.2) is 0 Å². The summed E-state index contributed by atoms with van der Waals surface area (Å²) in [6, 6.07) is 6.76. The van der Waals surface area contributed by atoms with Crippen LogP contribution in [0.4, 0.5) is 0 Å². The Kier molecular flexibility index (Phi) is 7.43. The highest BCUT2D eigenvalue weighted by atomic mass is 16.5. The molecule has 0 aliphatic heterocycles. The number of hydrogen-bond donors (Lipinski definition) is 0. The monoisotopic (exact) mass is 238 g/mol. The molecule has 1 aromatic carbocycles. The molecule has 0 bridgehead atoms. The second-order valence-corrected chi connectivity index (χ2v) is 2.97. The normalized spacial score (nSPS) is 8.71. The predicted octanol–water partition coefficient (Wildman–Crippen LogP) is 2.56. The van der Waals surface area contributed by atoms with Gasteiger partial charge in [0, 0.05) is 6.92 Å². The molecule has 1 aromatic rings. The van der Waals surface area contributed by atoms with Crippen LogP contribution in [-0.2, 0) is 20.9 Å². The molecule has 0 heterocycles. The average Bonchev–Trinajstić information content (AvgIpc) is 2.38. The molecule has 0 amide bonds. The van der Waals surface area contributed by atoms with Crippen LogP contribution in [0.2, 0.25) is 0 Å². The third-order valence-corrected chi connectivity index (χ3v) is 1.79. The second kappa shape index (κ2) is 8.33. The quantitative estimate of drug-likeness (QED) is 0.759. The summed E-state index contributed by atoms with van der Waals surface area (Å²) in [5.41, 5.74) is 1.20. The van der Waals surface area contributed by atoms with Crippen molar-refractivity contribution in [2.45, 2.75) is 27.4 Å². The highest BCUT2D eigenvalue weighted by molar-refractivity contribution is 5.89. The van der Waals surface area contributed by atoms with Gasteiger partial charge in [-0.2, -0.15) is 0 Å². The predicted molar refractivity (Wildman–Crippen MR) is 64.6 cm³/mol. The molecule has 0 radical (unpaired) electrons. The Balaban J connectivity index is 0.00000121. The number of methoxy groups -OCH3 is 1. The summed E-state index contributed by atoms with van der Waals surface area (Å²) in [5.74, 6) is -0.752. The first-order chi connectivity index (χ1) is 8.13. The topological polar surface area (TPSA) is 52.6 Å². The van der Waals surface area contributed by atoms with Crippen LogP contribution in [0.1, 0.15) is 36.7 Å². The van der Waals surface area contributed by atoms with E-state index in [0.717, 1.165) is 5.56 Å². The largest absolute Gasteiger partial charge is 0.465 e. The summed E-state index contributed by atoms with van der Waals surface area (Å²) < 4.78 is 9.38. The first kappa shape index (κ1) is 15.2. The molecule has 0 aromatic heterocycles. The Hall–Kier alpha value is -1.84. The Morgan fingerprint density at radius 3 is 2.41 bits per heavy atom. The lowest BCUT2D eigenvalue weighted by Crippen LogP contribution is -2.03. The van der Waals surface area contributed by atoms with Gasteiger partial charge in [-0.15, -0.1) is 0 Å². The number of esters is 2. The fourth-order valence-electron chi connectivity index (χ4n) is 1.09. The number of benzene rings is 1. The summed E-state index contributed by atoms with van der Waals surface area (Å²) in [6.07, 6.45) is 0.